The van der Waals surface area contributed by atoms with E-state index in [0.29, 0.717) is 5.56 Å². The molecule has 0 N–H and O–H groups in total. The topological polar surface area (TPSA) is 61.2 Å². The largest absolute Gasteiger partial charge is 0.454 e. The fourth-order valence-corrected chi connectivity index (χ4v) is 2.06. The van der Waals surface area contributed by atoms with Gasteiger partial charge in [0, 0.05) is 11.1 Å². The van der Waals surface area contributed by atoms with E-state index in [1.165, 1.54) is 0 Å². The summed E-state index contributed by atoms with van der Waals surface area (Å²) in [6, 6.07) is 8.95. The van der Waals surface area contributed by atoms with Crippen LogP contribution < -0.4 is 0 Å². The van der Waals surface area contributed by atoms with E-state index >= 15 is 0 Å². The number of carbonyl (C=O) groups excluding carboxylic acids is 2. The smallest absolute Gasteiger partial charge is 0.338 e. The molecule has 0 atom stereocenters. The van der Waals surface area contributed by atoms with Crippen molar-refractivity contribution in [3.8, 4) is 5.69 Å². The number of rotatable bonds is 4. The minimum absolute atomic E-state index is 0.106. The van der Waals surface area contributed by atoms with Crippen molar-refractivity contribution < 1.29 is 14.3 Å². The van der Waals surface area contributed by atoms with E-state index in [1.54, 1.807) is 32.9 Å². The highest BCUT2D eigenvalue weighted by Crippen LogP contribution is 2.16. The van der Waals surface area contributed by atoms with Crippen LogP contribution in [0.3, 0.4) is 0 Å². The van der Waals surface area contributed by atoms with Gasteiger partial charge in [0.05, 0.1) is 16.9 Å². The van der Waals surface area contributed by atoms with Crippen molar-refractivity contribution in [1.29, 1.82) is 0 Å². The lowest BCUT2D eigenvalue weighted by Crippen LogP contribution is -2.26. The van der Waals surface area contributed by atoms with Crippen molar-refractivity contribution in [2.24, 2.45) is 5.41 Å². The van der Waals surface area contributed by atoms with Gasteiger partial charge in [-0.2, -0.15) is 5.10 Å². The fourth-order valence-electron chi connectivity index (χ4n) is 2.06. The number of ether oxygens (including phenoxy) is 1. The molecule has 1 heterocycles. The number of Topliss-reactive ketones (excluding diaryl/α,β-unsaturated/α-hetero) is 1. The zero-order chi connectivity index (χ0) is 17.2. The molecule has 0 aliphatic rings. The zero-order valence-corrected chi connectivity index (χ0v) is 14.2. The molecule has 0 saturated heterocycles. The second-order valence-corrected chi connectivity index (χ2v) is 6.64. The number of aromatic nitrogens is 2. The minimum Gasteiger partial charge on any atom is -0.454 e. The quantitative estimate of drug-likeness (QED) is 0.813. The van der Waals surface area contributed by atoms with Gasteiger partial charge in [-0.15, -0.1) is 0 Å². The number of esters is 1. The van der Waals surface area contributed by atoms with Crippen LogP contribution in [0.2, 0.25) is 0 Å². The third-order valence-electron chi connectivity index (χ3n) is 3.53. The molecule has 0 radical (unpaired) electrons. The van der Waals surface area contributed by atoms with Crippen LogP contribution in [-0.2, 0) is 9.53 Å². The Morgan fingerprint density at radius 2 is 1.74 bits per heavy atom. The number of ketones is 1. The van der Waals surface area contributed by atoms with Crippen LogP contribution in [-0.4, -0.2) is 28.1 Å². The van der Waals surface area contributed by atoms with Gasteiger partial charge in [-0.25, -0.2) is 9.48 Å². The van der Waals surface area contributed by atoms with Crippen LogP contribution in [0.5, 0.6) is 0 Å². The molecule has 5 heteroatoms. The summed E-state index contributed by atoms with van der Waals surface area (Å²) < 4.78 is 6.89. The lowest BCUT2D eigenvalue weighted by Gasteiger charge is -2.16. The summed E-state index contributed by atoms with van der Waals surface area (Å²) in [5, 5.41) is 4.40. The first-order chi connectivity index (χ1) is 10.7. The maximum Gasteiger partial charge on any atom is 0.338 e. The van der Waals surface area contributed by atoms with E-state index in [4.69, 9.17) is 4.74 Å². The average Bonchev–Trinajstić information content (AvgIpc) is 2.82. The van der Waals surface area contributed by atoms with Crippen LogP contribution >= 0.6 is 0 Å². The van der Waals surface area contributed by atoms with Crippen molar-refractivity contribution in [2.45, 2.75) is 34.6 Å². The van der Waals surface area contributed by atoms with E-state index in [9.17, 15) is 9.59 Å². The van der Waals surface area contributed by atoms with Gasteiger partial charge in [-0.1, -0.05) is 20.8 Å². The molecule has 122 valence electrons. The van der Waals surface area contributed by atoms with Crippen molar-refractivity contribution >= 4 is 11.8 Å². The summed E-state index contributed by atoms with van der Waals surface area (Å²) in [5.41, 5.74) is 2.73. The Hall–Kier alpha value is -2.43. The number of aryl methyl sites for hydroxylation is 2. The van der Waals surface area contributed by atoms with E-state index < -0.39 is 11.4 Å². The number of hydrogen-bond donors (Lipinski definition) is 0. The zero-order valence-electron chi connectivity index (χ0n) is 14.2. The lowest BCUT2D eigenvalue weighted by atomic mass is 9.91. The van der Waals surface area contributed by atoms with Gasteiger partial charge in [0.1, 0.15) is 0 Å². The van der Waals surface area contributed by atoms with Crippen LogP contribution in [0.1, 0.15) is 42.5 Å². The molecule has 0 saturated carbocycles. The molecule has 1 aromatic carbocycles. The molecule has 0 bridgehead atoms. The molecule has 0 unspecified atom stereocenters. The summed E-state index contributed by atoms with van der Waals surface area (Å²) in [6.45, 7) is 9.09. The standard InChI is InChI=1S/C18H22N2O3/c1-12-10-13(2)20(19-12)15-8-6-14(7-9-15)17(22)23-11-16(21)18(3,4)5/h6-10H,11H2,1-5H3. The van der Waals surface area contributed by atoms with Gasteiger partial charge in [0.2, 0.25) is 0 Å². The van der Waals surface area contributed by atoms with Crippen molar-refractivity contribution in [3.05, 3.63) is 47.3 Å². The highest BCUT2D eigenvalue weighted by Gasteiger charge is 2.22. The molecule has 0 fully saturated rings. The summed E-state index contributed by atoms with van der Waals surface area (Å²) in [6.07, 6.45) is 0. The molecule has 5 nitrogen and oxygen atoms in total. The van der Waals surface area contributed by atoms with E-state index in [1.807, 2.05) is 36.7 Å². The van der Waals surface area contributed by atoms with Gasteiger partial charge >= 0.3 is 5.97 Å². The molecular formula is C18H22N2O3. The molecular weight excluding hydrogens is 292 g/mol. The van der Waals surface area contributed by atoms with Gasteiger partial charge < -0.3 is 4.74 Å². The van der Waals surface area contributed by atoms with Crippen molar-refractivity contribution in [2.75, 3.05) is 6.61 Å². The highest BCUT2D eigenvalue weighted by atomic mass is 16.5. The molecule has 23 heavy (non-hydrogen) atoms. The van der Waals surface area contributed by atoms with Crippen LogP contribution in [0.4, 0.5) is 0 Å². The predicted octanol–water partition coefficient (Wildman–Crippen LogP) is 3.26. The summed E-state index contributed by atoms with van der Waals surface area (Å²) in [7, 11) is 0. The second kappa shape index (κ2) is 6.36. The summed E-state index contributed by atoms with van der Waals surface area (Å²) in [5.74, 6) is -0.604. The number of benzene rings is 1. The van der Waals surface area contributed by atoms with Crippen LogP contribution in [0.25, 0.3) is 5.69 Å². The van der Waals surface area contributed by atoms with Crippen molar-refractivity contribution in [3.63, 3.8) is 0 Å². The molecule has 1 aromatic heterocycles. The monoisotopic (exact) mass is 314 g/mol. The normalized spacial score (nSPS) is 11.3. The third kappa shape index (κ3) is 4.06. The molecule has 2 aromatic rings. The van der Waals surface area contributed by atoms with E-state index in [0.717, 1.165) is 17.1 Å². The Morgan fingerprint density at radius 3 is 2.22 bits per heavy atom. The van der Waals surface area contributed by atoms with Crippen LogP contribution in [0, 0.1) is 19.3 Å². The van der Waals surface area contributed by atoms with Crippen LogP contribution in [0.15, 0.2) is 30.3 Å². The van der Waals surface area contributed by atoms with Gasteiger partial charge in [0.15, 0.2) is 12.4 Å². The maximum atomic E-state index is 12.0. The Bertz CT molecular complexity index is 722. The molecule has 0 spiro atoms. The molecule has 0 amide bonds. The molecule has 0 aliphatic heterocycles. The first-order valence-corrected chi connectivity index (χ1v) is 7.52. The van der Waals surface area contributed by atoms with E-state index in [-0.39, 0.29) is 12.4 Å². The number of carbonyl (C=O) groups is 2. The van der Waals surface area contributed by atoms with Crippen molar-refractivity contribution in [1.82, 2.24) is 9.78 Å². The summed E-state index contributed by atoms with van der Waals surface area (Å²) in [4.78, 5) is 23.8. The minimum atomic E-state index is -0.514. The predicted molar refractivity (Wildman–Crippen MR) is 87.8 cm³/mol. The van der Waals surface area contributed by atoms with E-state index in [2.05, 4.69) is 5.10 Å². The van der Waals surface area contributed by atoms with Gasteiger partial charge in [-0.05, 0) is 44.2 Å². The Balaban J connectivity index is 2.06. The first-order valence-electron chi connectivity index (χ1n) is 7.52. The maximum absolute atomic E-state index is 12.0. The van der Waals surface area contributed by atoms with Gasteiger partial charge in [-0.3, -0.25) is 4.79 Å². The Labute approximate surface area is 136 Å². The average molecular weight is 314 g/mol. The first kappa shape index (κ1) is 16.9. The Morgan fingerprint density at radius 1 is 1.13 bits per heavy atom. The molecule has 0 aliphatic carbocycles. The summed E-state index contributed by atoms with van der Waals surface area (Å²) >= 11 is 0. The van der Waals surface area contributed by atoms with Gasteiger partial charge in [0.25, 0.3) is 0 Å². The number of nitrogens with zero attached hydrogens (tertiary/aromatic N) is 2. The fraction of sp³-hybridized carbons (Fsp3) is 0.389. The highest BCUT2D eigenvalue weighted by molar-refractivity contribution is 5.92. The number of hydrogen-bond acceptors (Lipinski definition) is 4. The SMILES string of the molecule is Cc1cc(C)n(-c2ccc(C(=O)OCC(=O)C(C)(C)C)cc2)n1. The third-order valence-corrected chi connectivity index (χ3v) is 3.53. The second-order valence-electron chi connectivity index (χ2n) is 6.64. The Kier molecular flexibility index (Phi) is 4.68. The lowest BCUT2D eigenvalue weighted by molar-refractivity contribution is -0.129. The molecule has 2 rings (SSSR count).